The molecular formula is C22H21F3N2O3. The third kappa shape index (κ3) is 2.58. The van der Waals surface area contributed by atoms with Gasteiger partial charge >= 0.3 is 12.1 Å². The van der Waals surface area contributed by atoms with Crippen LogP contribution in [0.1, 0.15) is 17.5 Å². The first-order valence-corrected chi connectivity index (χ1v) is 10.1. The minimum Gasteiger partial charge on any atom is -0.285 e. The molecule has 0 N–H and O–H groups in total. The Bertz CT molecular complexity index is 946. The van der Waals surface area contributed by atoms with Gasteiger partial charge < -0.3 is 0 Å². The SMILES string of the molecule is Cc1cccc(C)c1N(CN1C(=O)[C@@H]2[C@H]3C=C[C@@H]([C@@H]4C[C@H]34)[C@@H]2C1=O)C(=O)C(F)(F)F. The molecule has 5 aliphatic rings. The maximum absolute atomic E-state index is 13.4. The van der Waals surface area contributed by atoms with Crippen molar-refractivity contribution >= 4 is 23.4 Å². The van der Waals surface area contributed by atoms with Gasteiger partial charge in [-0.3, -0.25) is 24.2 Å². The third-order valence-corrected chi connectivity index (χ3v) is 7.23. The van der Waals surface area contributed by atoms with Gasteiger partial charge in [-0.2, -0.15) is 13.2 Å². The number of amides is 3. The highest BCUT2D eigenvalue weighted by Crippen LogP contribution is 2.65. The van der Waals surface area contributed by atoms with Crippen LogP contribution in [0, 0.1) is 49.4 Å². The molecule has 1 aromatic rings. The molecule has 1 aromatic carbocycles. The predicted molar refractivity (Wildman–Crippen MR) is 101 cm³/mol. The number of carbonyl (C=O) groups is 3. The van der Waals surface area contributed by atoms with Gasteiger partial charge in [0.25, 0.3) is 0 Å². The molecule has 2 bridgehead atoms. The van der Waals surface area contributed by atoms with Gasteiger partial charge in [0, 0.05) is 0 Å². The molecule has 158 valence electrons. The number of imide groups is 1. The number of hydrogen-bond donors (Lipinski definition) is 0. The summed E-state index contributed by atoms with van der Waals surface area (Å²) in [5, 5.41) is 0. The summed E-state index contributed by atoms with van der Waals surface area (Å²) in [4.78, 5) is 40.1. The smallest absolute Gasteiger partial charge is 0.285 e. The minimum absolute atomic E-state index is 0.0292. The van der Waals surface area contributed by atoms with E-state index in [-0.39, 0.29) is 17.5 Å². The number of alkyl halides is 3. The van der Waals surface area contributed by atoms with E-state index < -0.39 is 42.4 Å². The molecule has 0 spiro atoms. The van der Waals surface area contributed by atoms with Crippen LogP contribution in [0.2, 0.25) is 0 Å². The standard InChI is InChI=1S/C22H21F3N2O3/c1-10-4-3-5-11(2)18(10)26(21(30)22(23,24)25)9-27-19(28)16-12-6-7-13(15-8-14(12)15)17(16)20(27)29/h3-7,12-17H,8-9H2,1-2H3/t12-,13-,14-,15+,16-,17+/m0/s1. The first-order chi connectivity index (χ1) is 14.1. The predicted octanol–water partition coefficient (Wildman–Crippen LogP) is 3.21. The van der Waals surface area contributed by atoms with Crippen LogP contribution in [0.15, 0.2) is 30.4 Å². The van der Waals surface area contributed by atoms with Crippen molar-refractivity contribution in [2.24, 2.45) is 35.5 Å². The summed E-state index contributed by atoms with van der Waals surface area (Å²) in [6, 6.07) is 4.88. The summed E-state index contributed by atoms with van der Waals surface area (Å²) in [5.41, 5.74) is 1.01. The first kappa shape index (κ1) is 19.3. The van der Waals surface area contributed by atoms with Crippen LogP contribution in [0.25, 0.3) is 0 Å². The summed E-state index contributed by atoms with van der Waals surface area (Å²) in [7, 11) is 0. The van der Waals surface area contributed by atoms with Crippen LogP contribution in [0.4, 0.5) is 18.9 Å². The molecule has 6 rings (SSSR count). The van der Waals surface area contributed by atoms with Crippen molar-refractivity contribution in [2.75, 3.05) is 11.6 Å². The summed E-state index contributed by atoms with van der Waals surface area (Å²) in [6.07, 6.45) is -0.135. The van der Waals surface area contributed by atoms with Crippen molar-refractivity contribution in [3.8, 4) is 0 Å². The number of para-hydroxylation sites is 1. The summed E-state index contributed by atoms with van der Waals surface area (Å²) < 4.78 is 40.2. The number of likely N-dealkylation sites (tertiary alicyclic amines) is 1. The second kappa shape index (κ2) is 6.18. The van der Waals surface area contributed by atoms with E-state index in [4.69, 9.17) is 0 Å². The maximum Gasteiger partial charge on any atom is 0.471 e. The molecule has 4 aliphatic carbocycles. The van der Waals surface area contributed by atoms with E-state index in [0.717, 1.165) is 11.3 Å². The van der Waals surface area contributed by atoms with Crippen LogP contribution < -0.4 is 4.90 Å². The van der Waals surface area contributed by atoms with E-state index >= 15 is 0 Å². The molecular weight excluding hydrogens is 397 g/mol. The van der Waals surface area contributed by atoms with Crippen molar-refractivity contribution in [1.82, 2.24) is 4.90 Å². The lowest BCUT2D eigenvalue weighted by Gasteiger charge is -2.37. The van der Waals surface area contributed by atoms with Gasteiger partial charge in [0.15, 0.2) is 0 Å². The second-order valence-corrected chi connectivity index (χ2v) is 8.87. The number of nitrogens with zero attached hydrogens (tertiary/aromatic N) is 2. The molecule has 3 fully saturated rings. The van der Waals surface area contributed by atoms with E-state index in [9.17, 15) is 27.6 Å². The van der Waals surface area contributed by atoms with Gasteiger partial charge in [0.1, 0.15) is 6.67 Å². The van der Waals surface area contributed by atoms with Gasteiger partial charge in [0.05, 0.1) is 17.5 Å². The van der Waals surface area contributed by atoms with E-state index in [1.165, 1.54) is 0 Å². The van der Waals surface area contributed by atoms with Crippen molar-refractivity contribution in [3.63, 3.8) is 0 Å². The topological polar surface area (TPSA) is 57.7 Å². The molecule has 0 unspecified atom stereocenters. The summed E-state index contributed by atoms with van der Waals surface area (Å²) in [5.74, 6) is -3.30. The zero-order chi connectivity index (χ0) is 21.5. The molecule has 1 saturated heterocycles. The highest BCUT2D eigenvalue weighted by atomic mass is 19.4. The number of hydrogen-bond acceptors (Lipinski definition) is 3. The number of anilines is 1. The van der Waals surface area contributed by atoms with E-state index in [1.54, 1.807) is 32.0 Å². The molecule has 3 amide bonds. The molecule has 6 atom stereocenters. The Hall–Kier alpha value is -2.64. The third-order valence-electron chi connectivity index (χ3n) is 7.23. The van der Waals surface area contributed by atoms with Crippen molar-refractivity contribution in [3.05, 3.63) is 41.5 Å². The van der Waals surface area contributed by atoms with Crippen LogP contribution in [-0.2, 0) is 14.4 Å². The fourth-order valence-electron chi connectivity index (χ4n) is 5.92. The Balaban J connectivity index is 1.51. The lowest BCUT2D eigenvalue weighted by Crippen LogP contribution is -2.50. The molecule has 0 radical (unpaired) electrons. The van der Waals surface area contributed by atoms with Crippen LogP contribution in [-0.4, -0.2) is 35.5 Å². The molecule has 5 nitrogen and oxygen atoms in total. The second-order valence-electron chi connectivity index (χ2n) is 8.87. The van der Waals surface area contributed by atoms with Crippen molar-refractivity contribution < 1.29 is 27.6 Å². The maximum atomic E-state index is 13.4. The average molecular weight is 418 g/mol. The lowest BCUT2D eigenvalue weighted by molar-refractivity contribution is -0.171. The van der Waals surface area contributed by atoms with Gasteiger partial charge in [-0.1, -0.05) is 30.4 Å². The Kier molecular flexibility index (Phi) is 3.98. The molecule has 0 aromatic heterocycles. The largest absolute Gasteiger partial charge is 0.471 e. The number of carbonyl (C=O) groups excluding carboxylic acids is 3. The molecule has 2 saturated carbocycles. The fourth-order valence-corrected chi connectivity index (χ4v) is 5.92. The first-order valence-electron chi connectivity index (χ1n) is 10.1. The van der Waals surface area contributed by atoms with Crippen LogP contribution >= 0.6 is 0 Å². The van der Waals surface area contributed by atoms with Gasteiger partial charge in [-0.15, -0.1) is 0 Å². The lowest BCUT2D eigenvalue weighted by atomic mass is 9.63. The Morgan fingerprint density at radius 3 is 2.00 bits per heavy atom. The Labute approximate surface area is 171 Å². The number of rotatable bonds is 3. The van der Waals surface area contributed by atoms with Crippen molar-refractivity contribution in [1.29, 1.82) is 0 Å². The quantitative estimate of drug-likeness (QED) is 0.560. The van der Waals surface area contributed by atoms with Crippen LogP contribution in [0.3, 0.4) is 0 Å². The molecule has 8 heteroatoms. The van der Waals surface area contributed by atoms with Crippen molar-refractivity contribution in [2.45, 2.75) is 26.4 Å². The zero-order valence-corrected chi connectivity index (χ0v) is 16.5. The fraction of sp³-hybridized carbons (Fsp3) is 0.500. The minimum atomic E-state index is -5.13. The number of allylic oxidation sites excluding steroid dienone is 2. The normalized spacial score (nSPS) is 33.6. The molecule has 1 aliphatic heterocycles. The average Bonchev–Trinajstić information content (AvgIpc) is 3.46. The molecule has 1 heterocycles. The van der Waals surface area contributed by atoms with Gasteiger partial charge in [-0.25, -0.2) is 0 Å². The highest BCUT2D eigenvalue weighted by Gasteiger charge is 2.67. The van der Waals surface area contributed by atoms with Crippen LogP contribution in [0.5, 0.6) is 0 Å². The Morgan fingerprint density at radius 2 is 1.53 bits per heavy atom. The number of aryl methyl sites for hydroxylation is 2. The summed E-state index contributed by atoms with van der Waals surface area (Å²) in [6.45, 7) is 2.48. The summed E-state index contributed by atoms with van der Waals surface area (Å²) >= 11 is 0. The van der Waals surface area contributed by atoms with E-state index in [1.807, 2.05) is 12.2 Å². The Morgan fingerprint density at radius 1 is 1.03 bits per heavy atom. The molecule has 30 heavy (non-hydrogen) atoms. The number of halogens is 3. The monoisotopic (exact) mass is 418 g/mol. The highest BCUT2D eigenvalue weighted by molar-refractivity contribution is 6.08. The zero-order valence-electron chi connectivity index (χ0n) is 16.5. The van der Waals surface area contributed by atoms with Gasteiger partial charge in [0.2, 0.25) is 11.8 Å². The van der Waals surface area contributed by atoms with E-state index in [2.05, 4.69) is 0 Å². The van der Waals surface area contributed by atoms with Gasteiger partial charge in [-0.05, 0) is 55.1 Å². The number of benzene rings is 1. The van der Waals surface area contributed by atoms with E-state index in [0.29, 0.717) is 27.9 Å².